The first-order valence-electron chi connectivity index (χ1n) is 9.61. The molecule has 1 aliphatic heterocycles. The van der Waals surface area contributed by atoms with Crippen LogP contribution in [0, 0.1) is 15.9 Å². The minimum absolute atomic E-state index is 0.0633. The molecule has 0 spiro atoms. The van der Waals surface area contributed by atoms with E-state index in [1.54, 1.807) is 12.1 Å². The molecule has 1 saturated heterocycles. The summed E-state index contributed by atoms with van der Waals surface area (Å²) >= 11 is 0. The summed E-state index contributed by atoms with van der Waals surface area (Å²) in [5, 5.41) is 16.2. The lowest BCUT2D eigenvalue weighted by Crippen LogP contribution is -2.41. The summed E-state index contributed by atoms with van der Waals surface area (Å²) < 4.78 is 18.8. The second kappa shape index (κ2) is 9.93. The molecule has 0 bridgehead atoms. The highest BCUT2D eigenvalue weighted by molar-refractivity contribution is 5.94. The molecule has 0 aromatic heterocycles. The van der Waals surface area contributed by atoms with Gasteiger partial charge in [0, 0.05) is 43.3 Å². The van der Waals surface area contributed by atoms with Gasteiger partial charge in [0.2, 0.25) is 5.91 Å². The summed E-state index contributed by atoms with van der Waals surface area (Å²) in [5.41, 5.74) is 1.06. The van der Waals surface area contributed by atoms with E-state index in [9.17, 15) is 24.1 Å². The lowest BCUT2D eigenvalue weighted by Gasteiger charge is -2.30. The minimum atomic E-state index is -0.539. The monoisotopic (exact) mass is 415 g/mol. The van der Waals surface area contributed by atoms with Crippen LogP contribution in [-0.4, -0.2) is 35.9 Å². The molecule has 2 aromatic carbocycles. The fourth-order valence-corrected chi connectivity index (χ4v) is 3.26. The Kier molecular flexibility index (Phi) is 7.08. The third-order valence-electron chi connectivity index (χ3n) is 4.87. The van der Waals surface area contributed by atoms with Crippen molar-refractivity contribution in [3.05, 3.63) is 75.6 Å². The van der Waals surface area contributed by atoms with E-state index in [-0.39, 0.29) is 48.1 Å². The van der Waals surface area contributed by atoms with Gasteiger partial charge in [-0.1, -0.05) is 12.1 Å². The number of carbonyl (C=O) groups excluding carboxylic acids is 2. The number of nitro benzene ring substituents is 1. The SMILES string of the molecule is O=C(CCNC(=O)c1ccc([N+](=O)[O-])cc1)N[C@@H]1CCO[C@@H](c2ccc(F)cc2)C1. The molecule has 2 N–H and O–H groups in total. The fraction of sp³-hybridized carbons (Fsp3) is 0.333. The number of nitro groups is 1. The maximum absolute atomic E-state index is 13.1. The average molecular weight is 415 g/mol. The molecule has 2 amide bonds. The molecule has 1 fully saturated rings. The normalized spacial score (nSPS) is 18.4. The Morgan fingerprint density at radius 3 is 2.50 bits per heavy atom. The van der Waals surface area contributed by atoms with E-state index in [1.807, 2.05) is 0 Å². The Balaban J connectivity index is 1.42. The number of nitrogens with zero attached hydrogens (tertiary/aromatic N) is 1. The number of halogens is 1. The van der Waals surface area contributed by atoms with Crippen LogP contribution in [0.2, 0.25) is 0 Å². The summed E-state index contributed by atoms with van der Waals surface area (Å²) in [6.45, 7) is 0.635. The van der Waals surface area contributed by atoms with E-state index in [4.69, 9.17) is 4.74 Å². The predicted molar refractivity (Wildman–Crippen MR) is 106 cm³/mol. The summed E-state index contributed by atoms with van der Waals surface area (Å²) in [7, 11) is 0. The first-order chi connectivity index (χ1) is 14.4. The largest absolute Gasteiger partial charge is 0.373 e. The molecule has 9 heteroatoms. The number of amides is 2. The maximum Gasteiger partial charge on any atom is 0.269 e. The van der Waals surface area contributed by atoms with Crippen LogP contribution >= 0.6 is 0 Å². The Morgan fingerprint density at radius 2 is 1.83 bits per heavy atom. The zero-order valence-corrected chi connectivity index (χ0v) is 16.2. The van der Waals surface area contributed by atoms with Gasteiger partial charge in [0.05, 0.1) is 11.0 Å². The van der Waals surface area contributed by atoms with E-state index >= 15 is 0 Å². The van der Waals surface area contributed by atoms with Crippen LogP contribution < -0.4 is 10.6 Å². The van der Waals surface area contributed by atoms with Crippen molar-refractivity contribution < 1.29 is 23.6 Å². The molecule has 2 aromatic rings. The maximum atomic E-state index is 13.1. The molecular formula is C21H22FN3O5. The molecule has 0 unspecified atom stereocenters. The van der Waals surface area contributed by atoms with Gasteiger partial charge in [-0.2, -0.15) is 0 Å². The van der Waals surface area contributed by atoms with Crippen LogP contribution in [0.4, 0.5) is 10.1 Å². The standard InChI is InChI=1S/C21H22FN3O5/c22-16-5-1-14(2-6-16)19-13-17(10-12-30-19)24-20(26)9-11-23-21(27)15-3-7-18(8-4-15)25(28)29/h1-8,17,19H,9-13H2,(H,23,27)(H,24,26)/t17-,19-/m1/s1. The Labute approximate surface area is 172 Å². The van der Waals surface area contributed by atoms with Crippen LogP contribution in [0.25, 0.3) is 0 Å². The molecule has 158 valence electrons. The molecule has 1 aliphatic rings. The number of carbonyl (C=O) groups is 2. The summed E-state index contributed by atoms with van der Waals surface area (Å²) in [5.74, 6) is -0.904. The quantitative estimate of drug-likeness (QED) is 0.534. The second-order valence-corrected chi connectivity index (χ2v) is 7.01. The fourth-order valence-electron chi connectivity index (χ4n) is 3.26. The number of hydrogen-bond acceptors (Lipinski definition) is 5. The molecule has 1 heterocycles. The Bertz CT molecular complexity index is 902. The van der Waals surface area contributed by atoms with Crippen LogP contribution in [0.15, 0.2) is 48.5 Å². The zero-order valence-electron chi connectivity index (χ0n) is 16.2. The molecule has 8 nitrogen and oxygen atoms in total. The number of nitrogens with one attached hydrogen (secondary N) is 2. The smallest absolute Gasteiger partial charge is 0.269 e. The van der Waals surface area contributed by atoms with Crippen molar-refractivity contribution >= 4 is 17.5 Å². The van der Waals surface area contributed by atoms with Crippen LogP contribution in [0.3, 0.4) is 0 Å². The van der Waals surface area contributed by atoms with Crippen molar-refractivity contribution in [1.82, 2.24) is 10.6 Å². The highest BCUT2D eigenvalue weighted by Gasteiger charge is 2.25. The van der Waals surface area contributed by atoms with E-state index in [0.717, 1.165) is 5.56 Å². The Morgan fingerprint density at radius 1 is 1.13 bits per heavy atom. The molecule has 3 rings (SSSR count). The molecule has 0 saturated carbocycles. The highest BCUT2D eigenvalue weighted by Crippen LogP contribution is 2.28. The van der Waals surface area contributed by atoms with Gasteiger partial charge >= 0.3 is 0 Å². The van der Waals surface area contributed by atoms with Gasteiger partial charge in [0.25, 0.3) is 11.6 Å². The second-order valence-electron chi connectivity index (χ2n) is 7.01. The number of rotatable bonds is 7. The summed E-state index contributed by atoms with van der Waals surface area (Å²) in [4.78, 5) is 34.4. The minimum Gasteiger partial charge on any atom is -0.373 e. The Hall–Kier alpha value is -3.33. The molecule has 0 radical (unpaired) electrons. The molecular weight excluding hydrogens is 393 g/mol. The van der Waals surface area contributed by atoms with Gasteiger partial charge in [0.1, 0.15) is 5.82 Å². The van der Waals surface area contributed by atoms with E-state index < -0.39 is 10.8 Å². The van der Waals surface area contributed by atoms with Gasteiger partial charge in [-0.05, 0) is 42.7 Å². The molecule has 0 aliphatic carbocycles. The summed E-state index contributed by atoms with van der Waals surface area (Å²) in [6, 6.07) is 11.3. The topological polar surface area (TPSA) is 111 Å². The van der Waals surface area contributed by atoms with E-state index in [2.05, 4.69) is 10.6 Å². The number of ether oxygens (including phenoxy) is 1. The van der Waals surface area contributed by atoms with Crippen LogP contribution in [-0.2, 0) is 9.53 Å². The predicted octanol–water partition coefficient (Wildman–Crippen LogP) is 2.89. The summed E-state index contributed by atoms with van der Waals surface area (Å²) in [6.07, 6.45) is 1.18. The number of non-ortho nitro benzene ring substituents is 1. The average Bonchev–Trinajstić information content (AvgIpc) is 2.74. The lowest BCUT2D eigenvalue weighted by atomic mass is 9.97. The van der Waals surface area contributed by atoms with Crippen molar-refractivity contribution in [2.75, 3.05) is 13.2 Å². The lowest BCUT2D eigenvalue weighted by molar-refractivity contribution is -0.384. The van der Waals surface area contributed by atoms with Gasteiger partial charge in [-0.15, -0.1) is 0 Å². The first-order valence-corrected chi connectivity index (χ1v) is 9.61. The third-order valence-corrected chi connectivity index (χ3v) is 4.87. The van der Waals surface area contributed by atoms with Crippen molar-refractivity contribution in [3.63, 3.8) is 0 Å². The van der Waals surface area contributed by atoms with Gasteiger partial charge in [0.15, 0.2) is 0 Å². The van der Waals surface area contributed by atoms with Crippen LogP contribution in [0.1, 0.15) is 41.3 Å². The van der Waals surface area contributed by atoms with Crippen LogP contribution in [0.5, 0.6) is 0 Å². The van der Waals surface area contributed by atoms with Gasteiger partial charge in [-0.25, -0.2) is 4.39 Å². The zero-order chi connectivity index (χ0) is 21.5. The van der Waals surface area contributed by atoms with Gasteiger partial charge in [-0.3, -0.25) is 19.7 Å². The van der Waals surface area contributed by atoms with Crippen molar-refractivity contribution in [3.8, 4) is 0 Å². The first kappa shape index (κ1) is 21.4. The van der Waals surface area contributed by atoms with E-state index in [1.165, 1.54) is 36.4 Å². The van der Waals surface area contributed by atoms with Crippen molar-refractivity contribution in [1.29, 1.82) is 0 Å². The molecule has 30 heavy (non-hydrogen) atoms. The third kappa shape index (κ3) is 5.84. The van der Waals surface area contributed by atoms with Crippen molar-refractivity contribution in [2.45, 2.75) is 31.4 Å². The van der Waals surface area contributed by atoms with Crippen molar-refractivity contribution in [2.24, 2.45) is 0 Å². The van der Waals surface area contributed by atoms with E-state index in [0.29, 0.717) is 19.4 Å². The van der Waals surface area contributed by atoms with Gasteiger partial charge < -0.3 is 15.4 Å². The number of benzene rings is 2. The molecule has 2 atom stereocenters. The number of hydrogen-bond donors (Lipinski definition) is 2. The highest BCUT2D eigenvalue weighted by atomic mass is 19.1.